The standard InChI is InChI=1S/C17H23F3N2O/c18-17(19,20)15-4-2-1-3-14(15)16(23)7-5-13(6-8-16)22-11-9-21-10-12-22/h1-4,13,21,23H,5-12H2. The Hall–Kier alpha value is -1.11. The van der Waals surface area contributed by atoms with Gasteiger partial charge in [-0.25, -0.2) is 0 Å². The van der Waals surface area contributed by atoms with Crippen LogP contribution in [0.5, 0.6) is 0 Å². The summed E-state index contributed by atoms with van der Waals surface area (Å²) in [4.78, 5) is 2.39. The van der Waals surface area contributed by atoms with Crippen molar-refractivity contribution in [3.63, 3.8) is 0 Å². The number of benzene rings is 1. The van der Waals surface area contributed by atoms with Gasteiger partial charge in [0.05, 0.1) is 11.2 Å². The molecule has 6 heteroatoms. The zero-order chi connectivity index (χ0) is 16.5. The number of hydrogen-bond acceptors (Lipinski definition) is 3. The van der Waals surface area contributed by atoms with Crippen LogP contribution in [0.3, 0.4) is 0 Å². The third kappa shape index (κ3) is 3.54. The van der Waals surface area contributed by atoms with Crippen LogP contribution in [0.25, 0.3) is 0 Å². The van der Waals surface area contributed by atoms with E-state index in [9.17, 15) is 18.3 Å². The second kappa shape index (κ2) is 6.42. The van der Waals surface area contributed by atoms with Gasteiger partial charge in [-0.15, -0.1) is 0 Å². The molecular formula is C17H23F3N2O. The highest BCUT2D eigenvalue weighted by Crippen LogP contribution is 2.44. The molecule has 0 amide bonds. The minimum Gasteiger partial charge on any atom is -0.385 e. The van der Waals surface area contributed by atoms with Gasteiger partial charge in [0, 0.05) is 32.2 Å². The minimum atomic E-state index is -4.43. The van der Waals surface area contributed by atoms with Crippen LogP contribution < -0.4 is 5.32 Å². The molecule has 2 fully saturated rings. The molecule has 1 aliphatic carbocycles. The summed E-state index contributed by atoms with van der Waals surface area (Å²) in [7, 11) is 0. The average Bonchev–Trinajstić information content (AvgIpc) is 2.56. The number of hydrogen-bond donors (Lipinski definition) is 2. The SMILES string of the molecule is OC1(c2ccccc2C(F)(F)F)CCC(N2CCNCC2)CC1. The Labute approximate surface area is 134 Å². The van der Waals surface area contributed by atoms with E-state index in [1.807, 2.05) is 0 Å². The van der Waals surface area contributed by atoms with Crippen molar-refractivity contribution in [1.82, 2.24) is 10.2 Å². The molecule has 128 valence electrons. The quantitative estimate of drug-likeness (QED) is 0.876. The van der Waals surface area contributed by atoms with E-state index in [-0.39, 0.29) is 5.56 Å². The van der Waals surface area contributed by atoms with Gasteiger partial charge < -0.3 is 10.4 Å². The highest BCUT2D eigenvalue weighted by molar-refractivity contribution is 5.35. The van der Waals surface area contributed by atoms with Crippen molar-refractivity contribution < 1.29 is 18.3 Å². The maximum absolute atomic E-state index is 13.2. The van der Waals surface area contributed by atoms with E-state index in [4.69, 9.17) is 0 Å². The van der Waals surface area contributed by atoms with Crippen LogP contribution in [-0.2, 0) is 11.8 Å². The van der Waals surface area contributed by atoms with Crippen LogP contribution in [0.4, 0.5) is 13.2 Å². The van der Waals surface area contributed by atoms with Crippen molar-refractivity contribution in [3.8, 4) is 0 Å². The largest absolute Gasteiger partial charge is 0.416 e. The molecule has 2 aliphatic rings. The van der Waals surface area contributed by atoms with Gasteiger partial charge in [-0.05, 0) is 37.3 Å². The maximum Gasteiger partial charge on any atom is 0.416 e. The smallest absolute Gasteiger partial charge is 0.385 e. The Bertz CT molecular complexity index is 533. The van der Waals surface area contributed by atoms with Crippen LogP contribution >= 0.6 is 0 Å². The van der Waals surface area contributed by atoms with Crippen molar-refractivity contribution in [2.75, 3.05) is 26.2 Å². The Balaban J connectivity index is 1.75. The van der Waals surface area contributed by atoms with Crippen molar-refractivity contribution in [2.24, 2.45) is 0 Å². The summed E-state index contributed by atoms with van der Waals surface area (Å²) in [5, 5.41) is 14.2. The molecule has 1 saturated carbocycles. The van der Waals surface area contributed by atoms with Crippen molar-refractivity contribution in [1.29, 1.82) is 0 Å². The van der Waals surface area contributed by atoms with Crippen LogP contribution in [0.2, 0.25) is 0 Å². The molecule has 1 saturated heterocycles. The monoisotopic (exact) mass is 328 g/mol. The maximum atomic E-state index is 13.2. The van der Waals surface area contributed by atoms with Crippen molar-refractivity contribution in [3.05, 3.63) is 35.4 Å². The van der Waals surface area contributed by atoms with E-state index in [2.05, 4.69) is 10.2 Å². The van der Waals surface area contributed by atoms with Crippen molar-refractivity contribution >= 4 is 0 Å². The Kier molecular flexibility index (Phi) is 4.67. The fourth-order valence-electron chi connectivity index (χ4n) is 3.90. The summed E-state index contributed by atoms with van der Waals surface area (Å²) < 4.78 is 39.6. The van der Waals surface area contributed by atoms with E-state index in [0.717, 1.165) is 45.1 Å². The molecule has 1 aliphatic heterocycles. The lowest BCUT2D eigenvalue weighted by Gasteiger charge is -2.43. The summed E-state index contributed by atoms with van der Waals surface area (Å²) in [6.07, 6.45) is -2.18. The normalized spacial score (nSPS) is 30.3. The van der Waals surface area contributed by atoms with Gasteiger partial charge in [-0.3, -0.25) is 4.90 Å². The second-order valence-electron chi connectivity index (χ2n) is 6.59. The molecular weight excluding hydrogens is 305 g/mol. The predicted molar refractivity (Wildman–Crippen MR) is 82.0 cm³/mol. The minimum absolute atomic E-state index is 0.0336. The molecule has 3 rings (SSSR count). The molecule has 0 bridgehead atoms. The second-order valence-corrected chi connectivity index (χ2v) is 6.59. The summed E-state index contributed by atoms with van der Waals surface area (Å²) in [5.74, 6) is 0. The number of rotatable bonds is 2. The molecule has 1 heterocycles. The molecule has 0 radical (unpaired) electrons. The van der Waals surface area contributed by atoms with Gasteiger partial charge >= 0.3 is 6.18 Å². The first-order valence-electron chi connectivity index (χ1n) is 8.24. The lowest BCUT2D eigenvalue weighted by molar-refractivity contribution is -0.141. The van der Waals surface area contributed by atoms with E-state index in [0.29, 0.717) is 18.9 Å². The average molecular weight is 328 g/mol. The highest BCUT2D eigenvalue weighted by Gasteiger charge is 2.43. The first kappa shape index (κ1) is 16.7. The molecule has 0 atom stereocenters. The summed E-state index contributed by atoms with van der Waals surface area (Å²) in [5.41, 5.74) is -2.04. The van der Waals surface area contributed by atoms with Crippen LogP contribution in [0, 0.1) is 0 Å². The first-order chi connectivity index (χ1) is 10.9. The Morgan fingerprint density at radius 3 is 2.30 bits per heavy atom. The van der Waals surface area contributed by atoms with Crippen molar-refractivity contribution in [2.45, 2.75) is 43.5 Å². The summed E-state index contributed by atoms with van der Waals surface area (Å²) >= 11 is 0. The molecule has 0 spiro atoms. The number of piperazine rings is 1. The summed E-state index contributed by atoms with van der Waals surface area (Å²) in [6.45, 7) is 3.86. The third-order valence-electron chi connectivity index (χ3n) is 5.18. The Morgan fingerprint density at radius 2 is 1.70 bits per heavy atom. The number of halogens is 3. The van der Waals surface area contributed by atoms with Crippen LogP contribution in [-0.4, -0.2) is 42.2 Å². The number of nitrogens with one attached hydrogen (secondary N) is 1. The molecule has 2 N–H and O–H groups in total. The van der Waals surface area contributed by atoms with Crippen LogP contribution in [0.15, 0.2) is 24.3 Å². The topological polar surface area (TPSA) is 35.5 Å². The fourth-order valence-corrected chi connectivity index (χ4v) is 3.90. The molecule has 0 aromatic heterocycles. The van der Waals surface area contributed by atoms with E-state index in [1.165, 1.54) is 12.1 Å². The zero-order valence-corrected chi connectivity index (χ0v) is 13.1. The molecule has 0 unspecified atom stereocenters. The van der Waals surface area contributed by atoms with E-state index >= 15 is 0 Å². The van der Waals surface area contributed by atoms with E-state index in [1.54, 1.807) is 6.07 Å². The Morgan fingerprint density at radius 1 is 1.09 bits per heavy atom. The molecule has 23 heavy (non-hydrogen) atoms. The lowest BCUT2D eigenvalue weighted by Crippen LogP contribution is -2.50. The number of nitrogens with zero attached hydrogens (tertiary/aromatic N) is 1. The van der Waals surface area contributed by atoms with Gasteiger partial charge in [-0.2, -0.15) is 13.2 Å². The number of aliphatic hydroxyl groups is 1. The van der Waals surface area contributed by atoms with Crippen LogP contribution in [0.1, 0.15) is 36.8 Å². The number of alkyl halides is 3. The zero-order valence-electron chi connectivity index (χ0n) is 13.1. The van der Waals surface area contributed by atoms with Gasteiger partial charge in [0.15, 0.2) is 0 Å². The lowest BCUT2D eigenvalue weighted by atomic mass is 9.75. The highest BCUT2D eigenvalue weighted by atomic mass is 19.4. The van der Waals surface area contributed by atoms with E-state index < -0.39 is 17.3 Å². The summed E-state index contributed by atoms with van der Waals surface area (Å²) in [6, 6.07) is 5.81. The van der Waals surface area contributed by atoms with Gasteiger partial charge in [0.2, 0.25) is 0 Å². The predicted octanol–water partition coefficient (Wildman–Crippen LogP) is 2.74. The first-order valence-corrected chi connectivity index (χ1v) is 8.24. The van der Waals surface area contributed by atoms with Gasteiger partial charge in [0.25, 0.3) is 0 Å². The van der Waals surface area contributed by atoms with Gasteiger partial charge in [0.1, 0.15) is 0 Å². The fraction of sp³-hybridized carbons (Fsp3) is 0.647. The molecule has 3 nitrogen and oxygen atoms in total. The third-order valence-corrected chi connectivity index (χ3v) is 5.18. The molecule has 1 aromatic carbocycles. The van der Waals surface area contributed by atoms with Gasteiger partial charge in [-0.1, -0.05) is 18.2 Å². The molecule has 1 aromatic rings.